The Kier molecular flexibility index (Phi) is 7.34. The topological polar surface area (TPSA) is 136 Å². The Hall–Kier alpha value is -2.57. The number of alkyl halides is 1. The minimum Gasteiger partial charge on any atom is -0.457 e. The number of esters is 1. The summed E-state index contributed by atoms with van der Waals surface area (Å²) in [6.07, 6.45) is 4.89. The number of β-lactam (4-membered cyclic amide) rings is 1. The van der Waals surface area contributed by atoms with E-state index in [1.807, 2.05) is 0 Å². The molecule has 0 saturated carbocycles. The van der Waals surface area contributed by atoms with Gasteiger partial charge >= 0.3 is 5.97 Å². The second-order valence-electron chi connectivity index (χ2n) is 5.89. The van der Waals surface area contributed by atoms with Gasteiger partial charge in [-0.25, -0.2) is 9.78 Å². The van der Waals surface area contributed by atoms with Gasteiger partial charge in [-0.1, -0.05) is 17.3 Å². The number of nitrogens with two attached hydrogens (primary N) is 1. The van der Waals surface area contributed by atoms with E-state index in [4.69, 9.17) is 26.9 Å². The first-order chi connectivity index (χ1) is 14.5. The zero-order valence-corrected chi connectivity index (χ0v) is 18.1. The van der Waals surface area contributed by atoms with Crippen LogP contribution in [-0.2, 0) is 24.0 Å². The van der Waals surface area contributed by atoms with Crippen LogP contribution in [0, 0.1) is 0 Å². The lowest BCUT2D eigenvalue weighted by atomic mass is 10.0. The Morgan fingerprint density at radius 1 is 1.50 bits per heavy atom. The van der Waals surface area contributed by atoms with Gasteiger partial charge in [0, 0.05) is 17.0 Å². The number of allylic oxidation sites excluding steroid dienone is 1. The number of aromatic nitrogens is 1. The minimum atomic E-state index is -0.826. The van der Waals surface area contributed by atoms with Crippen LogP contribution in [0.2, 0.25) is 0 Å². The number of hydrogen-bond donors (Lipinski definition) is 2. The number of thioether (sulfide) groups is 1. The van der Waals surface area contributed by atoms with E-state index in [0.29, 0.717) is 11.6 Å². The van der Waals surface area contributed by atoms with Crippen LogP contribution in [0.4, 0.5) is 5.13 Å². The Morgan fingerprint density at radius 2 is 2.30 bits per heavy atom. The largest absolute Gasteiger partial charge is 0.457 e. The molecule has 1 aromatic rings. The number of hydrogen-bond acceptors (Lipinski definition) is 10. The van der Waals surface area contributed by atoms with E-state index in [1.165, 1.54) is 23.8 Å². The number of carbonyl (C=O) groups is 3. The summed E-state index contributed by atoms with van der Waals surface area (Å²) in [4.78, 5) is 47.7. The lowest BCUT2D eigenvalue weighted by molar-refractivity contribution is -0.151. The standard InChI is InChI=1S/C17H18ClN5O5S2/c1-27-22-11(9-8-30-17(19)20-9)13(24)21-12-14(25)23-10(4-7-29-15(12)23)16(26)28-6-3-2-5-18/h2-4,8,12,15H,5-7H2,1H3,(H2,19,20)(H,21,24)/b3-2+,22-11-/t12?,15-/m1/s1. The number of thiazole rings is 1. The quantitative estimate of drug-likeness (QED) is 0.141. The first-order valence-electron chi connectivity index (χ1n) is 8.64. The lowest BCUT2D eigenvalue weighted by Crippen LogP contribution is -2.70. The molecule has 3 heterocycles. The molecular weight excluding hydrogens is 454 g/mol. The van der Waals surface area contributed by atoms with Crippen molar-refractivity contribution in [2.24, 2.45) is 5.16 Å². The van der Waals surface area contributed by atoms with Crippen molar-refractivity contribution in [1.29, 1.82) is 0 Å². The van der Waals surface area contributed by atoms with Crippen molar-refractivity contribution >= 4 is 63.3 Å². The van der Waals surface area contributed by atoms with E-state index in [2.05, 4.69) is 15.5 Å². The summed E-state index contributed by atoms with van der Waals surface area (Å²) in [5.74, 6) is -0.866. The SMILES string of the molecule is CO/N=C(\C(=O)NC1C(=O)N2C(C(=O)OC/C=C/CCl)=CCS[C@H]12)c1csc(N)n1. The van der Waals surface area contributed by atoms with Crippen LogP contribution in [-0.4, -0.2) is 70.1 Å². The predicted octanol–water partition coefficient (Wildman–Crippen LogP) is 0.698. The molecule has 0 spiro atoms. The fourth-order valence-corrected chi connectivity index (χ4v) is 4.63. The van der Waals surface area contributed by atoms with Crippen LogP contribution in [0.3, 0.4) is 0 Å². The molecule has 160 valence electrons. The number of nitrogens with one attached hydrogen (secondary N) is 1. The fourth-order valence-electron chi connectivity index (χ4n) is 2.76. The van der Waals surface area contributed by atoms with Crippen molar-refractivity contribution < 1.29 is 24.0 Å². The molecule has 1 fully saturated rings. The van der Waals surface area contributed by atoms with Crippen molar-refractivity contribution in [2.75, 3.05) is 31.1 Å². The molecule has 2 aliphatic rings. The number of nitrogen functional groups attached to an aromatic ring is 1. The van der Waals surface area contributed by atoms with Gasteiger partial charge in [-0.2, -0.15) is 0 Å². The number of oxime groups is 1. The van der Waals surface area contributed by atoms with Gasteiger partial charge in [-0.05, 0) is 6.08 Å². The monoisotopic (exact) mass is 471 g/mol. The molecule has 2 amide bonds. The summed E-state index contributed by atoms with van der Waals surface area (Å²) in [5.41, 5.74) is 5.91. The predicted molar refractivity (Wildman–Crippen MR) is 114 cm³/mol. The molecule has 1 unspecified atom stereocenters. The Morgan fingerprint density at radius 3 is 2.97 bits per heavy atom. The van der Waals surface area contributed by atoms with Gasteiger partial charge in [-0.15, -0.1) is 34.7 Å². The van der Waals surface area contributed by atoms with E-state index in [-0.39, 0.29) is 28.8 Å². The molecule has 0 aromatic carbocycles. The maximum Gasteiger partial charge on any atom is 0.355 e. The molecular formula is C17H18ClN5O5S2. The average Bonchev–Trinajstić information content (AvgIpc) is 3.18. The molecule has 3 N–H and O–H groups in total. The van der Waals surface area contributed by atoms with Gasteiger partial charge < -0.3 is 20.6 Å². The van der Waals surface area contributed by atoms with Crippen LogP contribution >= 0.6 is 34.7 Å². The van der Waals surface area contributed by atoms with Crippen LogP contribution in [0.25, 0.3) is 0 Å². The Labute approximate surface area is 185 Å². The smallest absolute Gasteiger partial charge is 0.355 e. The number of anilines is 1. The molecule has 1 aromatic heterocycles. The van der Waals surface area contributed by atoms with E-state index in [1.54, 1.807) is 23.6 Å². The maximum absolute atomic E-state index is 12.7. The van der Waals surface area contributed by atoms with Gasteiger partial charge in [0.15, 0.2) is 10.8 Å². The molecule has 0 radical (unpaired) electrons. The number of rotatable bonds is 8. The molecule has 3 rings (SSSR count). The number of fused-ring (bicyclic) bond motifs is 1. The van der Waals surface area contributed by atoms with Crippen molar-refractivity contribution in [2.45, 2.75) is 11.4 Å². The summed E-state index contributed by atoms with van der Waals surface area (Å²) in [6, 6.07) is -0.826. The van der Waals surface area contributed by atoms with Crippen LogP contribution < -0.4 is 11.1 Å². The van der Waals surface area contributed by atoms with Crippen molar-refractivity contribution in [3.05, 3.63) is 35.0 Å². The highest BCUT2D eigenvalue weighted by Gasteiger charge is 2.53. The summed E-state index contributed by atoms with van der Waals surface area (Å²) in [7, 11) is 1.29. The van der Waals surface area contributed by atoms with Gasteiger partial charge in [0.2, 0.25) is 0 Å². The second kappa shape index (κ2) is 9.96. The van der Waals surface area contributed by atoms with E-state index >= 15 is 0 Å². The van der Waals surface area contributed by atoms with E-state index in [9.17, 15) is 14.4 Å². The lowest BCUT2D eigenvalue weighted by Gasteiger charge is -2.48. The van der Waals surface area contributed by atoms with Crippen LogP contribution in [0.5, 0.6) is 0 Å². The highest BCUT2D eigenvalue weighted by atomic mass is 35.5. The highest BCUT2D eigenvalue weighted by Crippen LogP contribution is 2.37. The summed E-state index contributed by atoms with van der Waals surface area (Å²) in [6.45, 7) is 0.0521. The fraction of sp³-hybridized carbons (Fsp3) is 0.353. The summed E-state index contributed by atoms with van der Waals surface area (Å²) < 4.78 is 5.13. The van der Waals surface area contributed by atoms with Gasteiger partial charge in [0.05, 0.1) is 0 Å². The number of ether oxygens (including phenoxy) is 1. The normalized spacial score (nSPS) is 21.0. The molecule has 0 aliphatic carbocycles. The average molecular weight is 472 g/mol. The second-order valence-corrected chi connectivity index (χ2v) is 8.24. The van der Waals surface area contributed by atoms with Gasteiger partial charge in [-0.3, -0.25) is 14.5 Å². The highest BCUT2D eigenvalue weighted by molar-refractivity contribution is 8.00. The molecule has 2 aliphatic heterocycles. The van der Waals surface area contributed by atoms with Crippen molar-refractivity contribution in [3.8, 4) is 0 Å². The molecule has 13 heteroatoms. The van der Waals surface area contributed by atoms with Crippen molar-refractivity contribution in [3.63, 3.8) is 0 Å². The third-order valence-corrected chi connectivity index (χ3v) is 6.11. The van der Waals surface area contributed by atoms with Gasteiger partial charge in [0.1, 0.15) is 36.5 Å². The molecule has 2 atom stereocenters. The molecule has 10 nitrogen and oxygen atoms in total. The number of carbonyl (C=O) groups excluding carboxylic acids is 3. The van der Waals surface area contributed by atoms with Gasteiger partial charge in [0.25, 0.3) is 11.8 Å². The molecule has 30 heavy (non-hydrogen) atoms. The minimum absolute atomic E-state index is 0.0521. The zero-order valence-electron chi connectivity index (χ0n) is 15.7. The van der Waals surface area contributed by atoms with Crippen LogP contribution in [0.15, 0.2) is 34.5 Å². The summed E-state index contributed by atoms with van der Waals surface area (Å²) in [5, 5.41) is 7.73. The van der Waals surface area contributed by atoms with E-state index in [0.717, 1.165) is 11.3 Å². The Balaban J connectivity index is 1.66. The molecule has 0 bridgehead atoms. The first-order valence-corrected chi connectivity index (χ1v) is 11.1. The van der Waals surface area contributed by atoms with E-state index < -0.39 is 29.2 Å². The maximum atomic E-state index is 12.7. The number of nitrogens with zero attached hydrogens (tertiary/aromatic N) is 3. The molecule has 1 saturated heterocycles. The van der Waals surface area contributed by atoms with Crippen molar-refractivity contribution in [1.82, 2.24) is 15.2 Å². The Bertz CT molecular complexity index is 931. The third kappa shape index (κ3) is 4.60. The first kappa shape index (κ1) is 22.1. The van der Waals surface area contributed by atoms with Crippen LogP contribution in [0.1, 0.15) is 5.69 Å². The third-order valence-electron chi connectivity index (χ3n) is 4.07. The zero-order chi connectivity index (χ0) is 21.7. The number of halogens is 1. The number of amides is 2. The summed E-state index contributed by atoms with van der Waals surface area (Å²) >= 11 is 8.08.